The summed E-state index contributed by atoms with van der Waals surface area (Å²) in [5.41, 5.74) is 0.395. The summed E-state index contributed by atoms with van der Waals surface area (Å²) in [5.74, 6) is 0.890. The molecule has 0 spiro atoms. The van der Waals surface area contributed by atoms with Gasteiger partial charge in [-0.3, -0.25) is 9.69 Å². The molecule has 2 heterocycles. The Bertz CT molecular complexity index is 870. The number of aryl methyl sites for hydroxylation is 1. The molecule has 2 aromatic rings. The molecule has 0 unspecified atom stereocenters. The van der Waals surface area contributed by atoms with Crippen LogP contribution < -0.4 is 0 Å². The number of Topliss-reactive ketones (excluding diaryl/α,β-unsaturated/α-hetero) is 1. The van der Waals surface area contributed by atoms with Gasteiger partial charge in [0.05, 0.1) is 11.4 Å². The first-order valence-electron chi connectivity index (χ1n) is 7.99. The highest BCUT2D eigenvalue weighted by molar-refractivity contribution is 7.89. The van der Waals surface area contributed by atoms with Gasteiger partial charge in [0.1, 0.15) is 0 Å². The topological polar surface area (TPSA) is 96.6 Å². The SMILES string of the molecule is CC(=O)c1cccc(S(=O)(=O)N2CCN(Cc3nnc(C)o3)CC2)c1. The van der Waals surface area contributed by atoms with Gasteiger partial charge >= 0.3 is 0 Å². The van der Waals surface area contributed by atoms with Crippen molar-refractivity contribution in [2.24, 2.45) is 0 Å². The lowest BCUT2D eigenvalue weighted by molar-refractivity contribution is 0.101. The number of carbonyl (C=O) groups excluding carboxylic acids is 1. The molecule has 0 amide bonds. The second-order valence-corrected chi connectivity index (χ2v) is 7.92. The normalized spacial score (nSPS) is 16.9. The van der Waals surface area contributed by atoms with Crippen LogP contribution in [0.3, 0.4) is 0 Å². The van der Waals surface area contributed by atoms with Crippen molar-refractivity contribution in [3.8, 4) is 0 Å². The molecule has 25 heavy (non-hydrogen) atoms. The van der Waals surface area contributed by atoms with E-state index in [1.54, 1.807) is 19.1 Å². The van der Waals surface area contributed by atoms with Crippen LogP contribution in [0.2, 0.25) is 0 Å². The lowest BCUT2D eigenvalue weighted by Gasteiger charge is -2.33. The average Bonchev–Trinajstić information content (AvgIpc) is 3.00. The number of aromatic nitrogens is 2. The van der Waals surface area contributed by atoms with Gasteiger partial charge in [0.15, 0.2) is 5.78 Å². The lowest BCUT2D eigenvalue weighted by atomic mass is 10.2. The third-order valence-corrected chi connectivity index (χ3v) is 6.03. The molecule has 9 heteroatoms. The predicted molar refractivity (Wildman–Crippen MR) is 89.5 cm³/mol. The summed E-state index contributed by atoms with van der Waals surface area (Å²) in [5, 5.41) is 7.75. The molecule has 1 fully saturated rings. The van der Waals surface area contributed by atoms with E-state index in [0.29, 0.717) is 50.1 Å². The Morgan fingerprint density at radius 2 is 1.92 bits per heavy atom. The van der Waals surface area contributed by atoms with Crippen molar-refractivity contribution in [1.82, 2.24) is 19.4 Å². The minimum atomic E-state index is -3.61. The molecule has 1 aromatic carbocycles. The zero-order valence-electron chi connectivity index (χ0n) is 14.2. The average molecular weight is 364 g/mol. The third-order valence-electron chi connectivity index (χ3n) is 4.14. The number of carbonyl (C=O) groups is 1. The Morgan fingerprint density at radius 3 is 2.52 bits per heavy atom. The fourth-order valence-corrected chi connectivity index (χ4v) is 4.21. The van der Waals surface area contributed by atoms with E-state index in [2.05, 4.69) is 15.1 Å². The van der Waals surface area contributed by atoms with E-state index >= 15 is 0 Å². The zero-order chi connectivity index (χ0) is 18.0. The molecule has 1 aliphatic heterocycles. The van der Waals surface area contributed by atoms with Gasteiger partial charge in [0.25, 0.3) is 0 Å². The maximum atomic E-state index is 12.8. The van der Waals surface area contributed by atoms with E-state index < -0.39 is 10.0 Å². The Morgan fingerprint density at radius 1 is 1.20 bits per heavy atom. The minimum Gasteiger partial charge on any atom is -0.424 e. The fraction of sp³-hybridized carbons (Fsp3) is 0.438. The molecule has 0 aliphatic carbocycles. The summed E-state index contributed by atoms with van der Waals surface area (Å²) in [6.45, 7) is 5.56. The fourth-order valence-electron chi connectivity index (χ4n) is 2.75. The molecular formula is C16H20N4O4S. The predicted octanol–water partition coefficient (Wildman–Crippen LogP) is 1.09. The van der Waals surface area contributed by atoms with Crippen molar-refractivity contribution >= 4 is 15.8 Å². The van der Waals surface area contributed by atoms with Crippen LogP contribution in [0.4, 0.5) is 0 Å². The first kappa shape index (κ1) is 17.7. The molecule has 0 N–H and O–H groups in total. The van der Waals surface area contributed by atoms with Gasteiger partial charge in [-0.1, -0.05) is 12.1 Å². The zero-order valence-corrected chi connectivity index (χ0v) is 15.0. The Kier molecular flexibility index (Phi) is 4.98. The van der Waals surface area contributed by atoms with Gasteiger partial charge in [0, 0.05) is 38.7 Å². The minimum absolute atomic E-state index is 0.154. The van der Waals surface area contributed by atoms with Crippen LogP contribution in [0, 0.1) is 6.92 Å². The Balaban J connectivity index is 1.67. The summed E-state index contributed by atoms with van der Waals surface area (Å²) in [6.07, 6.45) is 0. The molecule has 3 rings (SSSR count). The van der Waals surface area contributed by atoms with Crippen LogP contribution in [0.5, 0.6) is 0 Å². The summed E-state index contributed by atoms with van der Waals surface area (Å²) in [4.78, 5) is 13.7. The molecular weight excluding hydrogens is 344 g/mol. The highest BCUT2D eigenvalue weighted by Gasteiger charge is 2.29. The standard InChI is InChI=1S/C16H20N4O4S/c1-12(21)14-4-3-5-15(10-14)25(22,23)20-8-6-19(7-9-20)11-16-18-17-13(2)24-16/h3-5,10H,6-9,11H2,1-2H3. The maximum Gasteiger partial charge on any atom is 0.243 e. The maximum absolute atomic E-state index is 12.8. The van der Waals surface area contributed by atoms with E-state index in [1.165, 1.54) is 23.4 Å². The monoisotopic (exact) mass is 364 g/mol. The van der Waals surface area contributed by atoms with Crippen molar-refractivity contribution in [1.29, 1.82) is 0 Å². The second kappa shape index (κ2) is 7.03. The number of rotatable bonds is 5. The van der Waals surface area contributed by atoms with E-state index in [9.17, 15) is 13.2 Å². The highest BCUT2D eigenvalue weighted by Crippen LogP contribution is 2.19. The van der Waals surface area contributed by atoms with Crippen molar-refractivity contribution < 1.29 is 17.6 Å². The number of hydrogen-bond acceptors (Lipinski definition) is 7. The second-order valence-electron chi connectivity index (χ2n) is 5.98. The number of benzene rings is 1. The summed E-state index contributed by atoms with van der Waals surface area (Å²) in [6, 6.07) is 6.17. The van der Waals surface area contributed by atoms with E-state index in [-0.39, 0.29) is 10.7 Å². The summed E-state index contributed by atoms with van der Waals surface area (Å²) < 4.78 is 32.4. The van der Waals surface area contributed by atoms with E-state index in [0.717, 1.165) is 0 Å². The van der Waals surface area contributed by atoms with Gasteiger partial charge in [-0.25, -0.2) is 8.42 Å². The van der Waals surface area contributed by atoms with Crippen LogP contribution in [0.1, 0.15) is 29.1 Å². The number of hydrogen-bond donors (Lipinski definition) is 0. The van der Waals surface area contributed by atoms with Gasteiger partial charge in [0.2, 0.25) is 21.8 Å². The van der Waals surface area contributed by atoms with Gasteiger partial charge in [-0.05, 0) is 19.1 Å². The highest BCUT2D eigenvalue weighted by atomic mass is 32.2. The molecule has 0 atom stereocenters. The molecule has 0 radical (unpaired) electrons. The van der Waals surface area contributed by atoms with Crippen molar-refractivity contribution in [2.45, 2.75) is 25.3 Å². The lowest BCUT2D eigenvalue weighted by Crippen LogP contribution is -2.48. The van der Waals surface area contributed by atoms with Gasteiger partial charge < -0.3 is 4.42 Å². The molecule has 134 valence electrons. The number of piperazine rings is 1. The smallest absolute Gasteiger partial charge is 0.243 e. The van der Waals surface area contributed by atoms with Crippen molar-refractivity contribution in [2.75, 3.05) is 26.2 Å². The summed E-state index contributed by atoms with van der Waals surface area (Å²) in [7, 11) is -3.61. The quantitative estimate of drug-likeness (QED) is 0.733. The Labute approximate surface area is 146 Å². The first-order valence-corrected chi connectivity index (χ1v) is 9.43. The molecule has 8 nitrogen and oxygen atoms in total. The molecule has 1 saturated heterocycles. The number of ketones is 1. The van der Waals surface area contributed by atoms with Crippen LogP contribution in [-0.2, 0) is 16.6 Å². The molecule has 0 saturated carbocycles. The third kappa shape index (κ3) is 3.94. The Hall–Kier alpha value is -2.10. The van der Waals surface area contributed by atoms with Crippen molar-refractivity contribution in [3.63, 3.8) is 0 Å². The van der Waals surface area contributed by atoms with E-state index in [4.69, 9.17) is 4.42 Å². The van der Waals surface area contributed by atoms with Crippen LogP contribution in [-0.4, -0.2) is 59.8 Å². The first-order chi connectivity index (χ1) is 11.9. The van der Waals surface area contributed by atoms with Crippen LogP contribution in [0.25, 0.3) is 0 Å². The number of sulfonamides is 1. The molecule has 0 bridgehead atoms. The number of nitrogens with zero attached hydrogens (tertiary/aromatic N) is 4. The molecule has 1 aromatic heterocycles. The van der Waals surface area contributed by atoms with E-state index in [1.807, 2.05) is 0 Å². The van der Waals surface area contributed by atoms with Crippen LogP contribution in [0.15, 0.2) is 33.6 Å². The van der Waals surface area contributed by atoms with Gasteiger partial charge in [-0.15, -0.1) is 10.2 Å². The van der Waals surface area contributed by atoms with Crippen molar-refractivity contribution in [3.05, 3.63) is 41.6 Å². The molecule has 1 aliphatic rings. The summed E-state index contributed by atoms with van der Waals surface area (Å²) >= 11 is 0. The largest absolute Gasteiger partial charge is 0.424 e. The van der Waals surface area contributed by atoms with Crippen LogP contribution >= 0.6 is 0 Å². The van der Waals surface area contributed by atoms with Gasteiger partial charge in [-0.2, -0.15) is 4.31 Å².